The number of nitrogens with zero attached hydrogens (tertiary/aromatic N) is 3. The molecule has 2 aromatic rings. The molecule has 0 aliphatic heterocycles. The molecule has 1 heterocycles. The third-order valence-electron chi connectivity index (χ3n) is 3.96. The summed E-state index contributed by atoms with van der Waals surface area (Å²) in [6.07, 6.45) is -4.31. The van der Waals surface area contributed by atoms with E-state index >= 15 is 0 Å². The Bertz CT molecular complexity index is 941. The molecule has 0 spiro atoms. The lowest BCUT2D eigenvalue weighted by Crippen LogP contribution is -2.31. The molecule has 0 aliphatic rings. The fourth-order valence-corrected chi connectivity index (χ4v) is 2.78. The maximum Gasteiger partial charge on any atom is 0.573 e. The van der Waals surface area contributed by atoms with Crippen LogP contribution >= 0.6 is 15.9 Å². The van der Waals surface area contributed by atoms with Crippen molar-refractivity contribution in [3.05, 3.63) is 50.9 Å². The molecule has 0 fully saturated rings. The zero-order valence-electron chi connectivity index (χ0n) is 17.4. The van der Waals surface area contributed by atoms with Crippen LogP contribution in [-0.2, 0) is 27.4 Å². The van der Waals surface area contributed by atoms with Crippen LogP contribution in [0.15, 0.2) is 35.2 Å². The number of benzene rings is 1. The van der Waals surface area contributed by atoms with E-state index in [2.05, 4.69) is 25.7 Å². The molecule has 0 amide bonds. The Labute approximate surface area is 189 Å². The van der Waals surface area contributed by atoms with Crippen molar-refractivity contribution in [3.63, 3.8) is 0 Å². The van der Waals surface area contributed by atoms with Crippen molar-refractivity contribution in [1.29, 1.82) is 0 Å². The first-order chi connectivity index (χ1) is 14.7. The molecule has 176 valence electrons. The minimum atomic E-state index is -4.79. The van der Waals surface area contributed by atoms with Crippen LogP contribution in [0.3, 0.4) is 0 Å². The monoisotopic (exact) mass is 523 g/mol. The van der Waals surface area contributed by atoms with Crippen LogP contribution in [-0.4, -0.2) is 39.5 Å². The van der Waals surface area contributed by atoms with Crippen LogP contribution in [0.4, 0.5) is 19.0 Å². The normalized spacial score (nSPS) is 13.0. The Morgan fingerprint density at radius 3 is 2.38 bits per heavy atom. The Morgan fingerprint density at radius 2 is 1.88 bits per heavy atom. The fraction of sp³-hybridized carbons (Fsp3) is 0.474. The van der Waals surface area contributed by atoms with Gasteiger partial charge in [0.05, 0.1) is 18.6 Å². The summed E-state index contributed by atoms with van der Waals surface area (Å²) in [6, 6.07) is 5.10. The van der Waals surface area contributed by atoms with Gasteiger partial charge in [0.15, 0.2) is 0 Å². The van der Waals surface area contributed by atoms with Gasteiger partial charge in [0.1, 0.15) is 24.7 Å². The average Bonchev–Trinajstić information content (AvgIpc) is 3.03. The SMILES string of the molecule is CC(C)(C)C(=O)OC[C@H](Cn1cc([N+](=O)[O-])nc1Br)OCc1ccc(OC(F)(F)F)cc1. The molecule has 1 aromatic carbocycles. The van der Waals surface area contributed by atoms with Gasteiger partial charge in [-0.25, -0.2) is 0 Å². The number of rotatable bonds is 9. The standard InChI is InChI=1S/C19H21BrF3N3O6/c1-18(2,3)16(27)31-11-14(8-25-9-15(26(28)29)24-17(25)20)30-10-12-4-6-13(7-5-12)32-19(21,22)23/h4-7,9,14H,8,10-11H2,1-3H3/t14-/m0/s1. The lowest BCUT2D eigenvalue weighted by atomic mass is 9.97. The largest absolute Gasteiger partial charge is 0.573 e. The molecule has 32 heavy (non-hydrogen) atoms. The molecule has 0 unspecified atom stereocenters. The van der Waals surface area contributed by atoms with Gasteiger partial charge in [-0.1, -0.05) is 12.1 Å². The molecular weight excluding hydrogens is 503 g/mol. The van der Waals surface area contributed by atoms with Crippen molar-refractivity contribution >= 4 is 27.7 Å². The number of halogens is 4. The Kier molecular flexibility index (Phi) is 8.24. The van der Waals surface area contributed by atoms with Crippen molar-refractivity contribution in [2.24, 2.45) is 5.41 Å². The summed E-state index contributed by atoms with van der Waals surface area (Å²) in [5.74, 6) is -1.20. The van der Waals surface area contributed by atoms with Crippen LogP contribution in [0.1, 0.15) is 26.3 Å². The first-order valence-electron chi connectivity index (χ1n) is 9.25. The van der Waals surface area contributed by atoms with Crippen molar-refractivity contribution in [2.45, 2.75) is 46.4 Å². The molecule has 0 saturated heterocycles. The number of aromatic nitrogens is 2. The van der Waals surface area contributed by atoms with Gasteiger partial charge in [-0.15, -0.1) is 13.2 Å². The molecule has 2 rings (SSSR count). The number of carbonyl (C=O) groups excluding carboxylic acids is 1. The molecule has 1 aromatic heterocycles. The summed E-state index contributed by atoms with van der Waals surface area (Å²) >= 11 is 3.13. The molecule has 0 aliphatic carbocycles. The van der Waals surface area contributed by atoms with Crippen molar-refractivity contribution in [1.82, 2.24) is 9.55 Å². The second-order valence-corrected chi connectivity index (χ2v) is 8.46. The van der Waals surface area contributed by atoms with Gasteiger partial charge in [0, 0.05) is 15.9 Å². The summed E-state index contributed by atoms with van der Waals surface area (Å²) < 4.78 is 53.4. The summed E-state index contributed by atoms with van der Waals surface area (Å²) in [6.45, 7) is 4.96. The molecule has 9 nitrogen and oxygen atoms in total. The number of ether oxygens (including phenoxy) is 3. The number of imidazole rings is 1. The minimum Gasteiger partial charge on any atom is -0.462 e. The average molecular weight is 524 g/mol. The quantitative estimate of drug-likeness (QED) is 0.268. The second kappa shape index (κ2) is 10.3. The van der Waals surface area contributed by atoms with E-state index in [0.29, 0.717) is 5.56 Å². The summed E-state index contributed by atoms with van der Waals surface area (Å²) in [5.41, 5.74) is -0.199. The highest BCUT2D eigenvalue weighted by Gasteiger charge is 2.31. The lowest BCUT2D eigenvalue weighted by Gasteiger charge is -2.22. The van der Waals surface area contributed by atoms with E-state index < -0.39 is 28.8 Å². The number of nitro groups is 1. The van der Waals surface area contributed by atoms with E-state index in [1.54, 1.807) is 20.8 Å². The fourth-order valence-electron chi connectivity index (χ4n) is 2.36. The molecule has 0 saturated carbocycles. The predicted octanol–water partition coefficient (Wildman–Crippen LogP) is 4.63. The van der Waals surface area contributed by atoms with Crippen molar-refractivity contribution in [3.8, 4) is 5.75 Å². The second-order valence-electron chi connectivity index (χ2n) is 7.75. The third kappa shape index (κ3) is 8.11. The smallest absolute Gasteiger partial charge is 0.462 e. The summed E-state index contributed by atoms with van der Waals surface area (Å²) in [4.78, 5) is 26.2. The minimum absolute atomic E-state index is 0.0154. The van der Waals surface area contributed by atoms with E-state index in [1.807, 2.05) is 0 Å². The Balaban J connectivity index is 2.08. The number of hydrogen-bond acceptors (Lipinski definition) is 7. The lowest BCUT2D eigenvalue weighted by molar-refractivity contribution is -0.389. The van der Waals surface area contributed by atoms with Crippen LogP contribution in [0.5, 0.6) is 5.75 Å². The van der Waals surface area contributed by atoms with Gasteiger partial charge in [-0.05, 0) is 48.4 Å². The highest BCUT2D eigenvalue weighted by Crippen LogP contribution is 2.23. The van der Waals surface area contributed by atoms with Gasteiger partial charge in [-0.2, -0.15) is 0 Å². The Hall–Kier alpha value is -2.67. The molecule has 0 bridgehead atoms. The maximum atomic E-state index is 12.3. The maximum absolute atomic E-state index is 12.3. The van der Waals surface area contributed by atoms with Crippen molar-refractivity contribution < 1.29 is 37.1 Å². The van der Waals surface area contributed by atoms with E-state index in [-0.39, 0.29) is 36.1 Å². The van der Waals surface area contributed by atoms with Gasteiger partial charge >= 0.3 is 18.1 Å². The third-order valence-corrected chi connectivity index (χ3v) is 4.59. The zero-order chi connectivity index (χ0) is 24.1. The summed E-state index contributed by atoms with van der Waals surface area (Å²) in [7, 11) is 0. The van der Waals surface area contributed by atoms with E-state index in [9.17, 15) is 28.1 Å². The Morgan fingerprint density at radius 1 is 1.25 bits per heavy atom. The number of alkyl halides is 3. The topological polar surface area (TPSA) is 106 Å². The highest BCUT2D eigenvalue weighted by atomic mass is 79.9. The van der Waals surface area contributed by atoms with Gasteiger partial charge in [0.25, 0.3) is 4.73 Å². The van der Waals surface area contributed by atoms with Crippen LogP contribution in [0.2, 0.25) is 0 Å². The molecule has 13 heteroatoms. The molecule has 1 atom stereocenters. The first-order valence-corrected chi connectivity index (χ1v) is 10.0. The number of carbonyl (C=O) groups is 1. The molecule has 0 radical (unpaired) electrons. The number of hydrogen-bond donors (Lipinski definition) is 0. The molecular formula is C19H21BrF3N3O6. The van der Waals surface area contributed by atoms with E-state index in [0.717, 1.165) is 12.1 Å². The van der Waals surface area contributed by atoms with Crippen LogP contribution < -0.4 is 4.74 Å². The predicted molar refractivity (Wildman–Crippen MR) is 109 cm³/mol. The highest BCUT2D eigenvalue weighted by molar-refractivity contribution is 9.10. The zero-order valence-corrected chi connectivity index (χ0v) is 19.0. The van der Waals surface area contributed by atoms with E-state index in [1.165, 1.54) is 22.9 Å². The van der Waals surface area contributed by atoms with E-state index in [4.69, 9.17) is 9.47 Å². The van der Waals surface area contributed by atoms with Gasteiger partial charge < -0.3 is 24.3 Å². The van der Waals surface area contributed by atoms with Gasteiger partial charge in [0.2, 0.25) is 0 Å². The van der Waals surface area contributed by atoms with Crippen LogP contribution in [0, 0.1) is 15.5 Å². The van der Waals surface area contributed by atoms with Gasteiger partial charge in [-0.3, -0.25) is 9.36 Å². The first kappa shape index (κ1) is 25.6. The number of esters is 1. The van der Waals surface area contributed by atoms with Crippen molar-refractivity contribution in [2.75, 3.05) is 6.61 Å². The molecule has 0 N–H and O–H groups in total. The summed E-state index contributed by atoms with van der Waals surface area (Å²) in [5, 5.41) is 10.9. The van der Waals surface area contributed by atoms with Crippen LogP contribution in [0.25, 0.3) is 0 Å².